The maximum Gasteiger partial charge on any atom is 0.207 e. The van der Waals surface area contributed by atoms with Crippen molar-refractivity contribution in [3.63, 3.8) is 0 Å². The molecule has 202 valence electrons. The van der Waals surface area contributed by atoms with Crippen molar-refractivity contribution in [3.8, 4) is 67.0 Å². The Morgan fingerprint density at radius 1 is 0.419 bits per heavy atom. The largest absolute Gasteiger partial charge is 0.246 e. The average Bonchev–Trinajstić information content (AvgIpc) is 3.51. The molecule has 0 radical (unpaired) electrons. The summed E-state index contributed by atoms with van der Waals surface area (Å²) in [7, 11) is -3.65. The molecule has 0 N–H and O–H groups in total. The van der Waals surface area contributed by atoms with E-state index in [0.29, 0.717) is 9.79 Å². The van der Waals surface area contributed by atoms with Crippen LogP contribution < -0.4 is 0 Å². The molecule has 1 aromatic heterocycles. The number of sulfone groups is 1. The van der Waals surface area contributed by atoms with E-state index < -0.39 is 9.84 Å². The predicted molar refractivity (Wildman–Crippen MR) is 173 cm³/mol. The molecule has 0 bridgehead atoms. The second-order valence-corrected chi connectivity index (χ2v) is 13.0. The standard InChI is InChI=1S/C39H23NO2S/c41-43(42)32-20-8-7-17-28(32)29-22-21-27(23-33(29)43)39-35(25-11-3-1-4-12-25)36-30-18-9-15-24-16-10-19-31(34(24)30)37(36)38(40-39)26-13-5-2-6-14-26/h1-23H. The van der Waals surface area contributed by atoms with Crippen LogP contribution in [0.25, 0.3) is 77.8 Å². The van der Waals surface area contributed by atoms with E-state index in [1.165, 1.54) is 21.9 Å². The van der Waals surface area contributed by atoms with Crippen LogP contribution in [0.4, 0.5) is 0 Å². The van der Waals surface area contributed by atoms with Crippen molar-refractivity contribution >= 4 is 20.6 Å². The molecule has 2 heterocycles. The molecular formula is C39H23NO2S. The van der Waals surface area contributed by atoms with E-state index in [4.69, 9.17) is 4.98 Å². The molecular weight excluding hydrogens is 547 g/mol. The van der Waals surface area contributed by atoms with Crippen molar-refractivity contribution < 1.29 is 8.42 Å². The van der Waals surface area contributed by atoms with Gasteiger partial charge in [0.25, 0.3) is 0 Å². The first kappa shape index (κ1) is 24.3. The van der Waals surface area contributed by atoms with Gasteiger partial charge in [-0.3, -0.25) is 0 Å². The van der Waals surface area contributed by atoms with Gasteiger partial charge in [0.05, 0.1) is 21.2 Å². The number of nitrogens with zero attached hydrogens (tertiary/aromatic N) is 1. The highest BCUT2D eigenvalue weighted by Gasteiger charge is 2.35. The van der Waals surface area contributed by atoms with E-state index in [0.717, 1.165) is 55.9 Å². The fourth-order valence-corrected chi connectivity index (χ4v) is 8.64. The second-order valence-electron chi connectivity index (χ2n) is 11.1. The fourth-order valence-electron chi connectivity index (χ4n) is 6.93. The first-order chi connectivity index (χ1) is 21.1. The Morgan fingerprint density at radius 2 is 1.00 bits per heavy atom. The first-order valence-corrected chi connectivity index (χ1v) is 15.8. The van der Waals surface area contributed by atoms with E-state index in [2.05, 4.69) is 60.7 Å². The highest BCUT2D eigenvalue weighted by Crippen LogP contribution is 2.56. The zero-order chi connectivity index (χ0) is 28.7. The number of benzene rings is 6. The number of fused-ring (bicyclic) bond motifs is 6. The Kier molecular flexibility index (Phi) is 4.99. The van der Waals surface area contributed by atoms with Crippen LogP contribution in [0.1, 0.15) is 0 Å². The van der Waals surface area contributed by atoms with Crippen molar-refractivity contribution in [1.82, 2.24) is 4.98 Å². The lowest BCUT2D eigenvalue weighted by Crippen LogP contribution is -2.00. The molecule has 7 aromatic rings. The molecule has 1 aliphatic carbocycles. The fraction of sp³-hybridized carbons (Fsp3) is 0. The molecule has 2 aliphatic rings. The van der Waals surface area contributed by atoms with Crippen LogP contribution in [-0.4, -0.2) is 13.4 Å². The summed E-state index contributed by atoms with van der Waals surface area (Å²) >= 11 is 0. The van der Waals surface area contributed by atoms with Crippen LogP contribution >= 0.6 is 0 Å². The Bertz CT molecular complexity index is 2390. The summed E-state index contributed by atoms with van der Waals surface area (Å²) < 4.78 is 27.5. The Hall–Kier alpha value is -5.32. The number of pyridine rings is 1. The number of hydrogen-bond donors (Lipinski definition) is 0. The molecule has 6 aromatic carbocycles. The van der Waals surface area contributed by atoms with E-state index in [1.807, 2.05) is 66.7 Å². The molecule has 9 rings (SSSR count). The highest BCUT2D eigenvalue weighted by molar-refractivity contribution is 7.92. The summed E-state index contributed by atoms with van der Waals surface area (Å²) in [6, 6.07) is 46.6. The van der Waals surface area contributed by atoms with Crippen molar-refractivity contribution in [2.24, 2.45) is 0 Å². The van der Waals surface area contributed by atoms with Crippen molar-refractivity contribution in [3.05, 3.63) is 140 Å². The van der Waals surface area contributed by atoms with Crippen LogP contribution in [0, 0.1) is 0 Å². The molecule has 0 saturated heterocycles. The van der Waals surface area contributed by atoms with Gasteiger partial charge >= 0.3 is 0 Å². The summed E-state index contributed by atoms with van der Waals surface area (Å²) in [5.74, 6) is 0. The summed E-state index contributed by atoms with van der Waals surface area (Å²) in [4.78, 5) is 6.15. The van der Waals surface area contributed by atoms with Crippen LogP contribution in [-0.2, 0) is 9.84 Å². The lowest BCUT2D eigenvalue weighted by Gasteiger charge is -2.20. The molecule has 0 amide bonds. The summed E-state index contributed by atoms with van der Waals surface area (Å²) in [5, 5.41) is 2.41. The van der Waals surface area contributed by atoms with Gasteiger partial charge < -0.3 is 0 Å². The quantitative estimate of drug-likeness (QED) is 0.213. The first-order valence-electron chi connectivity index (χ1n) is 14.3. The molecule has 0 fully saturated rings. The van der Waals surface area contributed by atoms with E-state index in [9.17, 15) is 8.42 Å². The Balaban J connectivity index is 1.43. The van der Waals surface area contributed by atoms with Gasteiger partial charge in [0.15, 0.2) is 0 Å². The normalized spacial score (nSPS) is 13.5. The molecule has 0 saturated carbocycles. The van der Waals surface area contributed by atoms with Gasteiger partial charge in [-0.15, -0.1) is 0 Å². The lowest BCUT2D eigenvalue weighted by atomic mass is 9.87. The maximum atomic E-state index is 13.7. The Labute approximate surface area is 249 Å². The zero-order valence-electron chi connectivity index (χ0n) is 23.0. The van der Waals surface area contributed by atoms with Gasteiger partial charge in [-0.2, -0.15) is 0 Å². The monoisotopic (exact) mass is 569 g/mol. The third kappa shape index (κ3) is 3.35. The molecule has 3 nitrogen and oxygen atoms in total. The van der Waals surface area contributed by atoms with Crippen molar-refractivity contribution in [2.75, 3.05) is 0 Å². The molecule has 1 aliphatic heterocycles. The highest BCUT2D eigenvalue weighted by atomic mass is 32.2. The molecule has 0 spiro atoms. The smallest absolute Gasteiger partial charge is 0.207 e. The van der Waals surface area contributed by atoms with E-state index >= 15 is 0 Å². The Morgan fingerprint density at radius 3 is 1.74 bits per heavy atom. The number of hydrogen-bond acceptors (Lipinski definition) is 3. The molecule has 0 atom stereocenters. The second kappa shape index (κ2) is 8.84. The van der Waals surface area contributed by atoms with Gasteiger partial charge in [-0.05, 0) is 39.6 Å². The third-order valence-electron chi connectivity index (χ3n) is 8.76. The average molecular weight is 570 g/mol. The lowest BCUT2D eigenvalue weighted by molar-refractivity contribution is 0.598. The van der Waals surface area contributed by atoms with Gasteiger partial charge in [0.1, 0.15) is 0 Å². The van der Waals surface area contributed by atoms with Gasteiger partial charge in [-0.1, -0.05) is 127 Å². The van der Waals surface area contributed by atoms with Crippen LogP contribution in [0.2, 0.25) is 0 Å². The number of rotatable bonds is 3. The summed E-state index contributed by atoms with van der Waals surface area (Å²) in [6.45, 7) is 0. The summed E-state index contributed by atoms with van der Waals surface area (Å²) in [5.41, 5.74) is 11.6. The van der Waals surface area contributed by atoms with Crippen LogP contribution in [0.3, 0.4) is 0 Å². The predicted octanol–water partition coefficient (Wildman–Crippen LogP) is 9.70. The van der Waals surface area contributed by atoms with Crippen LogP contribution in [0.15, 0.2) is 149 Å². The topological polar surface area (TPSA) is 47.0 Å². The van der Waals surface area contributed by atoms with Gasteiger partial charge in [0.2, 0.25) is 9.84 Å². The zero-order valence-corrected chi connectivity index (χ0v) is 23.8. The minimum absolute atomic E-state index is 0.333. The molecule has 43 heavy (non-hydrogen) atoms. The van der Waals surface area contributed by atoms with Gasteiger partial charge in [-0.25, -0.2) is 13.4 Å². The van der Waals surface area contributed by atoms with Gasteiger partial charge in [0, 0.05) is 38.9 Å². The van der Waals surface area contributed by atoms with E-state index in [1.54, 1.807) is 12.1 Å². The minimum atomic E-state index is -3.65. The maximum absolute atomic E-state index is 13.7. The third-order valence-corrected chi connectivity index (χ3v) is 10.6. The van der Waals surface area contributed by atoms with Crippen molar-refractivity contribution in [1.29, 1.82) is 0 Å². The number of aromatic nitrogens is 1. The molecule has 0 unspecified atom stereocenters. The van der Waals surface area contributed by atoms with Crippen molar-refractivity contribution in [2.45, 2.75) is 9.79 Å². The minimum Gasteiger partial charge on any atom is -0.246 e. The van der Waals surface area contributed by atoms with Crippen LogP contribution in [0.5, 0.6) is 0 Å². The molecule has 4 heteroatoms. The SMILES string of the molecule is O=S1(=O)c2ccccc2-c2ccc(-c3nc(-c4ccccc4)c4c(c3-c3ccccc3)-c3cccc5cccc-4c35)cc21. The summed E-state index contributed by atoms with van der Waals surface area (Å²) in [6.07, 6.45) is 0. The van der Waals surface area contributed by atoms with E-state index in [-0.39, 0.29) is 0 Å².